The van der Waals surface area contributed by atoms with Gasteiger partial charge in [0.05, 0.1) is 5.38 Å². The van der Waals surface area contributed by atoms with E-state index in [2.05, 4.69) is 6.58 Å². The number of allylic oxidation sites excluding steroid dienone is 3. The summed E-state index contributed by atoms with van der Waals surface area (Å²) in [6.07, 6.45) is 8.73. The van der Waals surface area contributed by atoms with E-state index in [0.29, 0.717) is 5.88 Å². The molecule has 11 heavy (non-hydrogen) atoms. The molecule has 0 fully saturated rings. The standard InChI is InChI=1S/C9H14Cl2/c1-2-3-6-9(11)7-4-5-8-10/h2,4,7,9H,1,3,5-6,8H2. The molecule has 0 aliphatic carbocycles. The molecule has 0 saturated carbocycles. The summed E-state index contributed by atoms with van der Waals surface area (Å²) >= 11 is 11.4. The molecule has 2 heteroatoms. The zero-order valence-electron chi connectivity index (χ0n) is 6.60. The summed E-state index contributed by atoms with van der Waals surface area (Å²) in [4.78, 5) is 0. The molecule has 0 nitrogen and oxygen atoms in total. The Morgan fingerprint density at radius 3 is 2.64 bits per heavy atom. The Labute approximate surface area is 78.9 Å². The molecule has 0 aliphatic rings. The van der Waals surface area contributed by atoms with E-state index in [-0.39, 0.29) is 5.38 Å². The number of halogens is 2. The maximum atomic E-state index is 5.92. The van der Waals surface area contributed by atoms with Crippen LogP contribution in [0.25, 0.3) is 0 Å². The minimum atomic E-state index is 0.135. The summed E-state index contributed by atoms with van der Waals surface area (Å²) in [6.45, 7) is 3.63. The van der Waals surface area contributed by atoms with E-state index in [1.807, 2.05) is 18.2 Å². The van der Waals surface area contributed by atoms with Crippen LogP contribution in [-0.2, 0) is 0 Å². The van der Waals surface area contributed by atoms with Crippen molar-refractivity contribution in [2.45, 2.75) is 24.6 Å². The van der Waals surface area contributed by atoms with E-state index in [1.165, 1.54) is 0 Å². The lowest BCUT2D eigenvalue weighted by atomic mass is 10.2. The smallest absolute Gasteiger partial charge is 0.0518 e. The van der Waals surface area contributed by atoms with Crippen molar-refractivity contribution < 1.29 is 0 Å². The minimum Gasteiger partial charge on any atom is -0.126 e. The molecular weight excluding hydrogens is 179 g/mol. The largest absolute Gasteiger partial charge is 0.126 e. The Morgan fingerprint density at radius 2 is 2.09 bits per heavy atom. The average Bonchev–Trinajstić information content (AvgIpc) is 2.01. The van der Waals surface area contributed by atoms with Crippen LogP contribution in [0.15, 0.2) is 24.8 Å². The maximum Gasteiger partial charge on any atom is 0.0518 e. The predicted molar refractivity (Wildman–Crippen MR) is 53.5 cm³/mol. The monoisotopic (exact) mass is 192 g/mol. The zero-order chi connectivity index (χ0) is 8.53. The zero-order valence-corrected chi connectivity index (χ0v) is 8.11. The molecule has 0 aromatic rings. The van der Waals surface area contributed by atoms with Gasteiger partial charge in [0.1, 0.15) is 0 Å². The first-order chi connectivity index (χ1) is 5.31. The van der Waals surface area contributed by atoms with Crippen LogP contribution in [0.4, 0.5) is 0 Å². The van der Waals surface area contributed by atoms with Gasteiger partial charge in [-0.15, -0.1) is 29.8 Å². The molecule has 0 spiro atoms. The van der Waals surface area contributed by atoms with Crippen LogP contribution >= 0.6 is 23.2 Å². The molecule has 1 atom stereocenters. The molecule has 0 N–H and O–H groups in total. The van der Waals surface area contributed by atoms with Crippen molar-refractivity contribution in [2.24, 2.45) is 0 Å². The van der Waals surface area contributed by atoms with Crippen LogP contribution in [-0.4, -0.2) is 11.3 Å². The Hall–Kier alpha value is 0.0600. The Kier molecular flexibility index (Phi) is 8.20. The number of hydrogen-bond donors (Lipinski definition) is 0. The third-order valence-corrected chi connectivity index (χ3v) is 1.85. The van der Waals surface area contributed by atoms with Gasteiger partial charge in [-0.3, -0.25) is 0 Å². The van der Waals surface area contributed by atoms with Crippen LogP contribution in [0.5, 0.6) is 0 Å². The third kappa shape index (κ3) is 7.96. The van der Waals surface area contributed by atoms with Crippen LogP contribution < -0.4 is 0 Å². The SMILES string of the molecule is C=CCCC(Cl)C=CCCCl. The van der Waals surface area contributed by atoms with E-state index in [4.69, 9.17) is 23.2 Å². The van der Waals surface area contributed by atoms with Crippen molar-refractivity contribution in [1.82, 2.24) is 0 Å². The topological polar surface area (TPSA) is 0 Å². The summed E-state index contributed by atoms with van der Waals surface area (Å²) < 4.78 is 0. The minimum absolute atomic E-state index is 0.135. The second-order valence-electron chi connectivity index (χ2n) is 2.29. The molecule has 0 heterocycles. The van der Waals surface area contributed by atoms with Gasteiger partial charge in [0, 0.05) is 5.88 Å². The van der Waals surface area contributed by atoms with Gasteiger partial charge in [-0.25, -0.2) is 0 Å². The van der Waals surface area contributed by atoms with E-state index < -0.39 is 0 Å². The first kappa shape index (κ1) is 11.1. The van der Waals surface area contributed by atoms with E-state index in [0.717, 1.165) is 19.3 Å². The van der Waals surface area contributed by atoms with Gasteiger partial charge in [-0.05, 0) is 19.3 Å². The molecule has 0 amide bonds. The lowest BCUT2D eigenvalue weighted by Crippen LogP contribution is -1.91. The second-order valence-corrected chi connectivity index (χ2v) is 3.23. The van der Waals surface area contributed by atoms with Gasteiger partial charge in [-0.2, -0.15) is 0 Å². The van der Waals surface area contributed by atoms with Crippen molar-refractivity contribution in [3.63, 3.8) is 0 Å². The Bertz CT molecular complexity index is 119. The highest BCUT2D eigenvalue weighted by molar-refractivity contribution is 6.21. The summed E-state index contributed by atoms with van der Waals surface area (Å²) in [5.41, 5.74) is 0. The highest BCUT2D eigenvalue weighted by Gasteiger charge is 1.95. The number of rotatable bonds is 6. The summed E-state index contributed by atoms with van der Waals surface area (Å²) in [5.74, 6) is 0.668. The van der Waals surface area contributed by atoms with Gasteiger partial charge in [0.15, 0.2) is 0 Å². The molecule has 0 aliphatic heterocycles. The molecule has 0 saturated heterocycles. The van der Waals surface area contributed by atoms with Gasteiger partial charge in [-0.1, -0.05) is 18.2 Å². The molecule has 0 aromatic heterocycles. The predicted octanol–water partition coefficient (Wildman–Crippen LogP) is 3.75. The number of hydrogen-bond acceptors (Lipinski definition) is 0. The fourth-order valence-electron chi connectivity index (χ4n) is 0.680. The van der Waals surface area contributed by atoms with Crippen LogP contribution in [0, 0.1) is 0 Å². The number of alkyl halides is 2. The molecule has 0 rings (SSSR count). The molecule has 0 bridgehead atoms. The molecule has 64 valence electrons. The van der Waals surface area contributed by atoms with Crippen LogP contribution in [0.3, 0.4) is 0 Å². The lowest BCUT2D eigenvalue weighted by molar-refractivity contribution is 0.873. The first-order valence-electron chi connectivity index (χ1n) is 3.79. The van der Waals surface area contributed by atoms with Gasteiger partial charge in [0.2, 0.25) is 0 Å². The Morgan fingerprint density at radius 1 is 1.36 bits per heavy atom. The van der Waals surface area contributed by atoms with Crippen molar-refractivity contribution in [3.05, 3.63) is 24.8 Å². The highest BCUT2D eigenvalue weighted by Crippen LogP contribution is 2.07. The van der Waals surface area contributed by atoms with Crippen molar-refractivity contribution in [1.29, 1.82) is 0 Å². The molecule has 0 radical (unpaired) electrons. The fraction of sp³-hybridized carbons (Fsp3) is 0.556. The quantitative estimate of drug-likeness (QED) is 0.445. The molecule has 0 aromatic carbocycles. The molecule has 1 unspecified atom stereocenters. The first-order valence-corrected chi connectivity index (χ1v) is 4.76. The van der Waals surface area contributed by atoms with Crippen LogP contribution in [0.1, 0.15) is 19.3 Å². The molecular formula is C9H14Cl2. The van der Waals surface area contributed by atoms with Gasteiger partial charge >= 0.3 is 0 Å². The second kappa shape index (κ2) is 8.16. The maximum absolute atomic E-state index is 5.92. The Balaban J connectivity index is 3.33. The van der Waals surface area contributed by atoms with E-state index in [9.17, 15) is 0 Å². The highest BCUT2D eigenvalue weighted by atomic mass is 35.5. The van der Waals surface area contributed by atoms with Gasteiger partial charge in [0.25, 0.3) is 0 Å². The third-order valence-electron chi connectivity index (χ3n) is 1.27. The van der Waals surface area contributed by atoms with Crippen molar-refractivity contribution in [3.8, 4) is 0 Å². The van der Waals surface area contributed by atoms with E-state index >= 15 is 0 Å². The fourth-order valence-corrected chi connectivity index (χ4v) is 1.04. The van der Waals surface area contributed by atoms with Crippen LogP contribution in [0.2, 0.25) is 0 Å². The van der Waals surface area contributed by atoms with E-state index in [1.54, 1.807) is 0 Å². The lowest BCUT2D eigenvalue weighted by Gasteiger charge is -1.99. The van der Waals surface area contributed by atoms with Crippen molar-refractivity contribution >= 4 is 23.2 Å². The summed E-state index contributed by atoms with van der Waals surface area (Å²) in [7, 11) is 0. The summed E-state index contributed by atoms with van der Waals surface area (Å²) in [6, 6.07) is 0. The normalized spacial score (nSPS) is 13.6. The van der Waals surface area contributed by atoms with Crippen molar-refractivity contribution in [2.75, 3.05) is 5.88 Å². The summed E-state index contributed by atoms with van der Waals surface area (Å²) in [5, 5.41) is 0.135. The van der Waals surface area contributed by atoms with Gasteiger partial charge < -0.3 is 0 Å². The average molecular weight is 193 g/mol.